The van der Waals surface area contributed by atoms with E-state index in [0.29, 0.717) is 6.42 Å². The molecular weight excluding hydrogens is 190 g/mol. The normalized spacial score (nSPS) is 14.3. The molecule has 3 heteroatoms. The number of aliphatic hydroxyl groups excluding tert-OH is 1. The molecule has 82 valence electrons. The van der Waals surface area contributed by atoms with Crippen LogP contribution in [0.1, 0.15) is 31.9 Å². The van der Waals surface area contributed by atoms with E-state index in [-0.39, 0.29) is 11.9 Å². The molecule has 2 unspecified atom stereocenters. The van der Waals surface area contributed by atoms with Crippen LogP contribution in [0.25, 0.3) is 0 Å². The van der Waals surface area contributed by atoms with Crippen LogP contribution in [-0.2, 0) is 4.79 Å². The Bertz CT molecular complexity index is 311. The van der Waals surface area contributed by atoms with E-state index >= 15 is 0 Å². The van der Waals surface area contributed by atoms with Gasteiger partial charge in [0.05, 0.1) is 6.04 Å². The first kappa shape index (κ1) is 11.7. The van der Waals surface area contributed by atoms with Gasteiger partial charge >= 0.3 is 0 Å². The first-order chi connectivity index (χ1) is 7.15. The summed E-state index contributed by atoms with van der Waals surface area (Å²) in [5.41, 5.74) is 1.04. The topological polar surface area (TPSA) is 49.3 Å². The highest BCUT2D eigenvalue weighted by atomic mass is 16.3. The molecular formula is C12H17NO2. The average molecular weight is 207 g/mol. The Morgan fingerprint density at radius 2 is 2.00 bits per heavy atom. The fourth-order valence-electron chi connectivity index (χ4n) is 1.32. The summed E-state index contributed by atoms with van der Waals surface area (Å²) >= 11 is 0. The maximum absolute atomic E-state index is 11.4. The minimum absolute atomic E-state index is 0.0695. The molecule has 1 aromatic rings. The lowest BCUT2D eigenvalue weighted by atomic mass is 10.1. The van der Waals surface area contributed by atoms with E-state index in [1.54, 1.807) is 6.92 Å². The SMILES string of the molecule is CCC(O)C(=O)NC(C)c1ccccc1. The summed E-state index contributed by atoms with van der Waals surface area (Å²) in [5.74, 6) is -0.311. The summed E-state index contributed by atoms with van der Waals surface area (Å²) in [6.07, 6.45) is -0.468. The predicted molar refractivity (Wildman–Crippen MR) is 59.3 cm³/mol. The van der Waals surface area contributed by atoms with Crippen molar-refractivity contribution in [3.63, 3.8) is 0 Å². The van der Waals surface area contributed by atoms with Gasteiger partial charge in [0.2, 0.25) is 5.91 Å². The molecule has 0 bridgehead atoms. The van der Waals surface area contributed by atoms with Crippen molar-refractivity contribution in [1.29, 1.82) is 0 Å². The average Bonchev–Trinajstić information content (AvgIpc) is 2.29. The van der Waals surface area contributed by atoms with Crippen molar-refractivity contribution < 1.29 is 9.90 Å². The Labute approximate surface area is 90.1 Å². The predicted octanol–water partition coefficient (Wildman–Crippen LogP) is 1.63. The molecule has 1 rings (SSSR count). The van der Waals surface area contributed by atoms with Gasteiger partial charge in [-0.05, 0) is 18.9 Å². The zero-order valence-corrected chi connectivity index (χ0v) is 9.10. The summed E-state index contributed by atoms with van der Waals surface area (Å²) in [7, 11) is 0. The van der Waals surface area contributed by atoms with Crippen molar-refractivity contribution in [3.05, 3.63) is 35.9 Å². The lowest BCUT2D eigenvalue weighted by Crippen LogP contribution is -2.35. The second-order valence-corrected chi connectivity index (χ2v) is 3.57. The van der Waals surface area contributed by atoms with Crippen LogP contribution in [0, 0.1) is 0 Å². The lowest BCUT2D eigenvalue weighted by Gasteiger charge is -2.16. The molecule has 2 N–H and O–H groups in total. The number of hydrogen-bond donors (Lipinski definition) is 2. The molecule has 0 aliphatic heterocycles. The van der Waals surface area contributed by atoms with Gasteiger partial charge in [-0.1, -0.05) is 37.3 Å². The van der Waals surface area contributed by atoms with Crippen molar-refractivity contribution in [2.24, 2.45) is 0 Å². The van der Waals surface area contributed by atoms with Gasteiger partial charge < -0.3 is 10.4 Å². The van der Waals surface area contributed by atoms with Crippen molar-refractivity contribution in [1.82, 2.24) is 5.32 Å². The standard InChI is InChI=1S/C12H17NO2/c1-3-11(14)12(15)13-9(2)10-7-5-4-6-8-10/h4-9,11,14H,3H2,1-2H3,(H,13,15). The molecule has 3 nitrogen and oxygen atoms in total. The van der Waals surface area contributed by atoms with Gasteiger partial charge in [-0.25, -0.2) is 0 Å². The molecule has 0 saturated heterocycles. The van der Waals surface area contributed by atoms with Crippen LogP contribution in [0.4, 0.5) is 0 Å². The summed E-state index contributed by atoms with van der Waals surface area (Å²) in [5, 5.41) is 12.1. The van der Waals surface area contributed by atoms with Gasteiger partial charge in [0.15, 0.2) is 0 Å². The molecule has 0 fully saturated rings. The molecule has 0 aliphatic carbocycles. The first-order valence-corrected chi connectivity index (χ1v) is 5.18. The van der Waals surface area contributed by atoms with Crippen LogP contribution < -0.4 is 5.32 Å². The largest absolute Gasteiger partial charge is 0.383 e. The molecule has 0 spiro atoms. The van der Waals surface area contributed by atoms with Crippen LogP contribution in [0.15, 0.2) is 30.3 Å². The Kier molecular flexibility index (Phi) is 4.31. The fraction of sp³-hybridized carbons (Fsp3) is 0.417. The van der Waals surface area contributed by atoms with Crippen LogP contribution >= 0.6 is 0 Å². The molecule has 0 heterocycles. The number of carbonyl (C=O) groups excluding carboxylic acids is 1. The number of nitrogens with one attached hydrogen (secondary N) is 1. The zero-order valence-electron chi connectivity index (χ0n) is 9.10. The van der Waals surface area contributed by atoms with Crippen molar-refractivity contribution in [2.45, 2.75) is 32.4 Å². The monoisotopic (exact) mass is 207 g/mol. The lowest BCUT2D eigenvalue weighted by molar-refractivity contribution is -0.130. The van der Waals surface area contributed by atoms with E-state index < -0.39 is 6.10 Å². The summed E-state index contributed by atoms with van der Waals surface area (Å²) in [6, 6.07) is 9.61. The van der Waals surface area contributed by atoms with Gasteiger partial charge in [-0.15, -0.1) is 0 Å². The number of amides is 1. The molecule has 0 radical (unpaired) electrons. The summed E-state index contributed by atoms with van der Waals surface area (Å²) in [6.45, 7) is 3.67. The Hall–Kier alpha value is -1.35. The number of aliphatic hydroxyl groups is 1. The number of rotatable bonds is 4. The van der Waals surface area contributed by atoms with E-state index in [9.17, 15) is 9.90 Å². The van der Waals surface area contributed by atoms with E-state index in [1.807, 2.05) is 37.3 Å². The second kappa shape index (κ2) is 5.51. The van der Waals surface area contributed by atoms with Gasteiger partial charge in [-0.2, -0.15) is 0 Å². The van der Waals surface area contributed by atoms with Gasteiger partial charge in [0.1, 0.15) is 6.10 Å². The third-order valence-electron chi connectivity index (χ3n) is 2.35. The number of hydrogen-bond acceptors (Lipinski definition) is 2. The molecule has 0 aromatic heterocycles. The molecule has 1 aromatic carbocycles. The molecule has 2 atom stereocenters. The third-order valence-corrected chi connectivity index (χ3v) is 2.35. The van der Waals surface area contributed by atoms with Crippen molar-refractivity contribution in [2.75, 3.05) is 0 Å². The minimum Gasteiger partial charge on any atom is -0.383 e. The highest BCUT2D eigenvalue weighted by molar-refractivity contribution is 5.80. The molecule has 0 saturated carbocycles. The first-order valence-electron chi connectivity index (χ1n) is 5.18. The quantitative estimate of drug-likeness (QED) is 0.788. The van der Waals surface area contributed by atoms with Crippen molar-refractivity contribution in [3.8, 4) is 0 Å². The van der Waals surface area contributed by atoms with E-state index in [0.717, 1.165) is 5.56 Å². The Morgan fingerprint density at radius 3 is 2.53 bits per heavy atom. The van der Waals surface area contributed by atoms with E-state index in [1.165, 1.54) is 0 Å². The summed E-state index contributed by atoms with van der Waals surface area (Å²) in [4.78, 5) is 11.4. The summed E-state index contributed by atoms with van der Waals surface area (Å²) < 4.78 is 0. The van der Waals surface area contributed by atoms with Crippen molar-refractivity contribution >= 4 is 5.91 Å². The highest BCUT2D eigenvalue weighted by Crippen LogP contribution is 2.11. The van der Waals surface area contributed by atoms with Crippen LogP contribution in [0.5, 0.6) is 0 Å². The van der Waals surface area contributed by atoms with Crippen LogP contribution in [0.3, 0.4) is 0 Å². The molecule has 1 amide bonds. The van der Waals surface area contributed by atoms with E-state index in [4.69, 9.17) is 0 Å². The molecule has 0 aliphatic rings. The smallest absolute Gasteiger partial charge is 0.249 e. The maximum Gasteiger partial charge on any atom is 0.249 e. The second-order valence-electron chi connectivity index (χ2n) is 3.57. The van der Waals surface area contributed by atoms with E-state index in [2.05, 4.69) is 5.32 Å². The number of carbonyl (C=O) groups is 1. The van der Waals surface area contributed by atoms with Gasteiger partial charge in [0.25, 0.3) is 0 Å². The van der Waals surface area contributed by atoms with Crippen LogP contribution in [-0.4, -0.2) is 17.1 Å². The van der Waals surface area contributed by atoms with Gasteiger partial charge in [0, 0.05) is 0 Å². The number of benzene rings is 1. The maximum atomic E-state index is 11.4. The zero-order chi connectivity index (χ0) is 11.3. The van der Waals surface area contributed by atoms with Gasteiger partial charge in [-0.3, -0.25) is 4.79 Å². The Balaban J connectivity index is 2.56. The third kappa shape index (κ3) is 3.36. The Morgan fingerprint density at radius 1 is 1.40 bits per heavy atom. The highest BCUT2D eigenvalue weighted by Gasteiger charge is 2.15. The fourth-order valence-corrected chi connectivity index (χ4v) is 1.32. The van der Waals surface area contributed by atoms with Crippen LogP contribution in [0.2, 0.25) is 0 Å². The minimum atomic E-state index is -0.906. The molecule has 15 heavy (non-hydrogen) atoms.